The quantitative estimate of drug-likeness (QED) is 0.629. The van der Waals surface area contributed by atoms with Crippen LogP contribution in [0.2, 0.25) is 0 Å². The Bertz CT molecular complexity index is 847. The highest BCUT2D eigenvalue weighted by molar-refractivity contribution is 8.00. The second-order valence-corrected chi connectivity index (χ2v) is 7.82. The fourth-order valence-corrected chi connectivity index (χ4v) is 4.20. The van der Waals surface area contributed by atoms with E-state index in [4.69, 9.17) is 4.74 Å². The maximum Gasteiger partial charge on any atom is 0.236 e. The number of nitrogens with zero attached hydrogens (tertiary/aromatic N) is 1. The summed E-state index contributed by atoms with van der Waals surface area (Å²) in [6, 6.07) is 13.8. The van der Waals surface area contributed by atoms with Gasteiger partial charge in [0.25, 0.3) is 0 Å². The number of fused-ring (bicyclic) bond motifs is 1. The van der Waals surface area contributed by atoms with Crippen molar-refractivity contribution in [2.24, 2.45) is 0 Å². The van der Waals surface area contributed by atoms with Crippen LogP contribution in [0.1, 0.15) is 0 Å². The van der Waals surface area contributed by atoms with E-state index in [-0.39, 0.29) is 5.91 Å². The molecule has 4 nitrogen and oxygen atoms in total. The lowest BCUT2D eigenvalue weighted by molar-refractivity contribution is -0.113. The van der Waals surface area contributed by atoms with Gasteiger partial charge in [-0.25, -0.2) is 4.98 Å². The summed E-state index contributed by atoms with van der Waals surface area (Å²) in [5, 5.41) is 3.52. The molecule has 0 aliphatic carbocycles. The number of hydrogen-bond acceptors (Lipinski definition) is 6. The SMILES string of the molecule is COc1ccc(SCC(=O)Nc2nc3ccc(SC)cc3s2)cc1. The Morgan fingerprint density at radius 3 is 2.67 bits per heavy atom. The molecule has 0 spiro atoms. The number of carbonyl (C=O) groups excluding carboxylic acids is 1. The summed E-state index contributed by atoms with van der Waals surface area (Å²) in [5.74, 6) is 1.10. The molecule has 7 heteroatoms. The number of thioether (sulfide) groups is 2. The van der Waals surface area contributed by atoms with Crippen LogP contribution in [-0.4, -0.2) is 30.0 Å². The Morgan fingerprint density at radius 1 is 1.21 bits per heavy atom. The van der Waals surface area contributed by atoms with E-state index >= 15 is 0 Å². The third-order valence-corrected chi connectivity index (χ3v) is 5.94. The Hall–Kier alpha value is -1.70. The van der Waals surface area contributed by atoms with Gasteiger partial charge in [0.1, 0.15) is 5.75 Å². The van der Waals surface area contributed by atoms with Crippen LogP contribution in [0.15, 0.2) is 52.3 Å². The average molecular weight is 377 g/mol. The molecule has 0 unspecified atom stereocenters. The van der Waals surface area contributed by atoms with Gasteiger partial charge in [0.05, 0.1) is 23.1 Å². The number of ether oxygens (including phenoxy) is 1. The van der Waals surface area contributed by atoms with E-state index in [1.165, 1.54) is 28.0 Å². The molecule has 0 bridgehead atoms. The van der Waals surface area contributed by atoms with Crippen LogP contribution in [0.25, 0.3) is 10.2 Å². The molecule has 3 rings (SSSR count). The number of thiazole rings is 1. The summed E-state index contributed by atoms with van der Waals surface area (Å²) in [7, 11) is 1.63. The molecule has 1 N–H and O–H groups in total. The van der Waals surface area contributed by atoms with Gasteiger partial charge in [-0.1, -0.05) is 11.3 Å². The third-order valence-electron chi connectivity index (χ3n) is 3.27. The predicted octanol–water partition coefficient (Wildman–Crippen LogP) is 4.76. The molecule has 0 atom stereocenters. The summed E-state index contributed by atoms with van der Waals surface area (Å²) in [4.78, 5) is 18.8. The topological polar surface area (TPSA) is 51.2 Å². The molecule has 124 valence electrons. The van der Waals surface area contributed by atoms with Crippen molar-refractivity contribution in [2.75, 3.05) is 24.4 Å². The van der Waals surface area contributed by atoms with Crippen molar-refractivity contribution in [2.45, 2.75) is 9.79 Å². The molecule has 0 saturated carbocycles. The smallest absolute Gasteiger partial charge is 0.236 e. The number of rotatable bonds is 6. The van der Waals surface area contributed by atoms with E-state index in [1.807, 2.05) is 42.7 Å². The summed E-state index contributed by atoms with van der Waals surface area (Å²) in [6.07, 6.45) is 2.04. The third kappa shape index (κ3) is 4.23. The first-order valence-corrected chi connectivity index (χ1v) is 10.2. The first-order chi connectivity index (χ1) is 11.7. The molecule has 24 heavy (non-hydrogen) atoms. The van der Waals surface area contributed by atoms with Crippen molar-refractivity contribution in [3.63, 3.8) is 0 Å². The minimum absolute atomic E-state index is 0.0556. The molecule has 0 aliphatic rings. The number of aromatic nitrogens is 1. The highest BCUT2D eigenvalue weighted by Crippen LogP contribution is 2.29. The molecule has 1 heterocycles. The fraction of sp³-hybridized carbons (Fsp3) is 0.176. The van der Waals surface area contributed by atoms with Crippen LogP contribution in [0.5, 0.6) is 5.75 Å². The summed E-state index contributed by atoms with van der Waals surface area (Å²) in [5.41, 5.74) is 0.913. The number of anilines is 1. The van der Waals surface area contributed by atoms with Gasteiger partial charge in [0.15, 0.2) is 5.13 Å². The monoisotopic (exact) mass is 376 g/mol. The molecule has 3 aromatic rings. The van der Waals surface area contributed by atoms with Gasteiger partial charge in [0, 0.05) is 9.79 Å². The van der Waals surface area contributed by atoms with Gasteiger partial charge in [0.2, 0.25) is 5.91 Å². The average Bonchev–Trinajstić information content (AvgIpc) is 3.01. The van der Waals surface area contributed by atoms with Crippen LogP contribution in [0.4, 0.5) is 5.13 Å². The summed E-state index contributed by atoms with van der Waals surface area (Å²) >= 11 is 4.68. The van der Waals surface area contributed by atoms with E-state index in [2.05, 4.69) is 16.4 Å². The number of benzene rings is 2. The summed E-state index contributed by atoms with van der Waals surface area (Å²) in [6.45, 7) is 0. The van der Waals surface area contributed by atoms with Gasteiger partial charge in [-0.3, -0.25) is 4.79 Å². The van der Waals surface area contributed by atoms with Crippen molar-refractivity contribution < 1.29 is 9.53 Å². The molecule has 0 saturated heterocycles. The zero-order valence-electron chi connectivity index (χ0n) is 13.2. The fourth-order valence-electron chi connectivity index (χ4n) is 2.06. The molecule has 1 aromatic heterocycles. The maximum absolute atomic E-state index is 12.1. The molecule has 2 aromatic carbocycles. The van der Waals surface area contributed by atoms with Crippen LogP contribution in [-0.2, 0) is 4.79 Å². The second kappa shape index (κ2) is 7.92. The van der Waals surface area contributed by atoms with Crippen molar-refractivity contribution in [1.29, 1.82) is 0 Å². The lowest BCUT2D eigenvalue weighted by atomic mass is 10.3. The number of amides is 1. The highest BCUT2D eigenvalue weighted by atomic mass is 32.2. The van der Waals surface area contributed by atoms with Crippen LogP contribution >= 0.6 is 34.9 Å². The summed E-state index contributed by atoms with van der Waals surface area (Å²) < 4.78 is 6.21. The molecule has 1 amide bonds. The molecular weight excluding hydrogens is 360 g/mol. The molecular formula is C17H16N2O2S3. The number of nitrogens with one attached hydrogen (secondary N) is 1. The Labute approximate surface area is 153 Å². The molecule has 0 aliphatic heterocycles. The number of carbonyl (C=O) groups is 1. The second-order valence-electron chi connectivity index (χ2n) is 4.87. The van der Waals surface area contributed by atoms with Crippen molar-refractivity contribution in [1.82, 2.24) is 4.98 Å². The maximum atomic E-state index is 12.1. The zero-order valence-corrected chi connectivity index (χ0v) is 15.7. The van der Waals surface area contributed by atoms with E-state index in [0.717, 1.165) is 20.9 Å². The lowest BCUT2D eigenvalue weighted by Gasteiger charge is -2.03. The minimum Gasteiger partial charge on any atom is -0.497 e. The van der Waals surface area contributed by atoms with Gasteiger partial charge in [-0.05, 0) is 48.7 Å². The van der Waals surface area contributed by atoms with Gasteiger partial charge >= 0.3 is 0 Å². The first-order valence-electron chi connectivity index (χ1n) is 7.19. The normalized spacial score (nSPS) is 10.8. The predicted molar refractivity (Wildman–Crippen MR) is 104 cm³/mol. The Kier molecular flexibility index (Phi) is 5.65. The van der Waals surface area contributed by atoms with E-state index < -0.39 is 0 Å². The van der Waals surface area contributed by atoms with Crippen LogP contribution in [0, 0.1) is 0 Å². The van der Waals surface area contributed by atoms with E-state index in [0.29, 0.717) is 10.9 Å². The van der Waals surface area contributed by atoms with Crippen LogP contribution < -0.4 is 10.1 Å². The van der Waals surface area contributed by atoms with Crippen molar-refractivity contribution in [3.8, 4) is 5.75 Å². The first kappa shape index (κ1) is 17.1. The highest BCUT2D eigenvalue weighted by Gasteiger charge is 2.09. The van der Waals surface area contributed by atoms with Gasteiger partial charge in [-0.2, -0.15) is 0 Å². The molecule has 0 radical (unpaired) electrons. The van der Waals surface area contributed by atoms with E-state index in [9.17, 15) is 4.79 Å². The van der Waals surface area contributed by atoms with E-state index in [1.54, 1.807) is 18.9 Å². The largest absolute Gasteiger partial charge is 0.497 e. The Balaban J connectivity index is 1.59. The molecule has 0 fully saturated rings. The lowest BCUT2D eigenvalue weighted by Crippen LogP contribution is -2.13. The standard InChI is InChI=1S/C17H16N2O2S3/c1-21-11-3-5-12(6-4-11)23-10-16(20)19-17-18-14-8-7-13(22-2)9-15(14)24-17/h3-9H,10H2,1-2H3,(H,18,19,20). The minimum atomic E-state index is -0.0556. The van der Waals surface area contributed by atoms with Gasteiger partial charge < -0.3 is 10.1 Å². The number of methoxy groups -OCH3 is 1. The zero-order chi connectivity index (χ0) is 16.9. The van der Waals surface area contributed by atoms with Gasteiger partial charge in [-0.15, -0.1) is 23.5 Å². The number of hydrogen-bond donors (Lipinski definition) is 1. The van der Waals surface area contributed by atoms with Crippen LogP contribution in [0.3, 0.4) is 0 Å². The van der Waals surface area contributed by atoms with Crippen molar-refractivity contribution >= 4 is 56.1 Å². The van der Waals surface area contributed by atoms with Crippen molar-refractivity contribution in [3.05, 3.63) is 42.5 Å². The Morgan fingerprint density at radius 2 is 1.96 bits per heavy atom.